The minimum absolute atomic E-state index is 0. The number of likely N-dealkylation sites (tertiary alicyclic amines) is 1. The normalized spacial score (nSPS) is 19.4. The van der Waals surface area contributed by atoms with E-state index in [4.69, 9.17) is 0 Å². The lowest BCUT2D eigenvalue weighted by atomic mass is 9.92. The lowest BCUT2D eigenvalue weighted by molar-refractivity contribution is -0.128. The monoisotopic (exact) mass is 453 g/mol. The summed E-state index contributed by atoms with van der Waals surface area (Å²) in [5, 5.41) is 9.30. The van der Waals surface area contributed by atoms with Crippen LogP contribution in [-0.4, -0.2) is 63.1 Å². The molecule has 1 fully saturated rings. The fourth-order valence-electron chi connectivity index (χ4n) is 3.08. The van der Waals surface area contributed by atoms with E-state index < -0.39 is 5.41 Å². The van der Waals surface area contributed by atoms with Crippen molar-refractivity contribution in [1.82, 2.24) is 20.9 Å². The van der Waals surface area contributed by atoms with Gasteiger partial charge in [0.2, 0.25) is 5.91 Å². The summed E-state index contributed by atoms with van der Waals surface area (Å²) in [4.78, 5) is 18.6. The maximum atomic E-state index is 11.8. The van der Waals surface area contributed by atoms with Crippen LogP contribution in [0.3, 0.4) is 0 Å². The average molecular weight is 453 g/mol. The lowest BCUT2D eigenvalue weighted by Gasteiger charge is -2.35. The third-order valence-corrected chi connectivity index (χ3v) is 4.67. The predicted molar refractivity (Wildman–Crippen MR) is 112 cm³/mol. The smallest absolute Gasteiger partial charge is 0.227 e. The van der Waals surface area contributed by atoms with E-state index in [-0.39, 0.29) is 29.9 Å². The highest BCUT2D eigenvalue weighted by Gasteiger charge is 2.26. The highest BCUT2D eigenvalue weighted by atomic mass is 127. The van der Waals surface area contributed by atoms with Crippen LogP contribution in [0.25, 0.3) is 0 Å². The third kappa shape index (κ3) is 7.55. The van der Waals surface area contributed by atoms with Crippen LogP contribution in [0.1, 0.15) is 46.5 Å². The van der Waals surface area contributed by atoms with Crippen LogP contribution in [0.2, 0.25) is 0 Å². The second-order valence-corrected chi connectivity index (χ2v) is 6.91. The number of hydrogen-bond donors (Lipinski definition) is 3. The zero-order valence-corrected chi connectivity index (χ0v) is 18.3. The molecule has 0 bridgehead atoms. The van der Waals surface area contributed by atoms with Crippen molar-refractivity contribution in [2.45, 2.75) is 52.5 Å². The Hall–Kier alpha value is -0.570. The van der Waals surface area contributed by atoms with E-state index in [1.807, 2.05) is 13.8 Å². The molecule has 0 aliphatic carbocycles. The fraction of sp³-hybridized carbons (Fsp3) is 0.882. The number of hydrogen-bond acceptors (Lipinski definition) is 3. The van der Waals surface area contributed by atoms with E-state index in [9.17, 15) is 4.79 Å². The summed E-state index contributed by atoms with van der Waals surface area (Å²) >= 11 is 0. The zero-order valence-electron chi connectivity index (χ0n) is 15.9. The Kier molecular flexibility index (Phi) is 11.6. The fourth-order valence-corrected chi connectivity index (χ4v) is 3.08. The van der Waals surface area contributed by atoms with E-state index in [2.05, 4.69) is 32.8 Å². The van der Waals surface area contributed by atoms with Gasteiger partial charge in [-0.15, -0.1) is 24.0 Å². The van der Waals surface area contributed by atoms with Crippen LogP contribution in [0.4, 0.5) is 0 Å². The van der Waals surface area contributed by atoms with Crippen molar-refractivity contribution in [2.24, 2.45) is 10.4 Å². The number of carbonyl (C=O) groups is 1. The highest BCUT2D eigenvalue weighted by molar-refractivity contribution is 14.0. The lowest BCUT2D eigenvalue weighted by Crippen LogP contribution is -2.49. The molecule has 1 rings (SSSR count). The Morgan fingerprint density at radius 2 is 2.00 bits per heavy atom. The minimum atomic E-state index is -0.466. The van der Waals surface area contributed by atoms with Crippen LogP contribution in [0, 0.1) is 5.41 Å². The molecule has 1 atom stereocenters. The van der Waals surface area contributed by atoms with Crippen molar-refractivity contribution < 1.29 is 4.79 Å². The van der Waals surface area contributed by atoms with E-state index in [1.54, 1.807) is 14.1 Å². The van der Waals surface area contributed by atoms with E-state index in [1.165, 1.54) is 32.2 Å². The number of halogens is 1. The molecule has 0 spiro atoms. The summed E-state index contributed by atoms with van der Waals surface area (Å²) in [5.74, 6) is 0.784. The van der Waals surface area contributed by atoms with Gasteiger partial charge in [-0.1, -0.05) is 13.3 Å². The molecule has 0 aromatic heterocycles. The second-order valence-electron chi connectivity index (χ2n) is 6.91. The molecule has 142 valence electrons. The molecule has 0 radical (unpaired) electrons. The maximum Gasteiger partial charge on any atom is 0.227 e. The number of aliphatic imine (C=N–C) groups is 1. The van der Waals surface area contributed by atoms with Crippen LogP contribution in [-0.2, 0) is 4.79 Å². The molecule has 1 unspecified atom stereocenters. The van der Waals surface area contributed by atoms with Gasteiger partial charge in [0, 0.05) is 39.8 Å². The molecular weight excluding hydrogens is 417 g/mol. The van der Waals surface area contributed by atoms with Gasteiger partial charge >= 0.3 is 0 Å². The van der Waals surface area contributed by atoms with Crippen molar-refractivity contribution in [3.05, 3.63) is 0 Å². The molecule has 7 heteroatoms. The summed E-state index contributed by atoms with van der Waals surface area (Å²) in [6, 6.07) is 0.729. The summed E-state index contributed by atoms with van der Waals surface area (Å²) in [6.07, 6.45) is 5.22. The standard InChI is InChI=1S/C17H35N5O.HI/c1-6-14-9-7-8-11-22(14)12-10-20-16(19-5)21-13-17(2,3)15(23)18-4;/h14H,6-13H2,1-5H3,(H,18,23)(H2,19,20,21);1H. The minimum Gasteiger partial charge on any atom is -0.359 e. The Balaban J connectivity index is 0.00000529. The number of amides is 1. The van der Waals surface area contributed by atoms with Crippen molar-refractivity contribution in [3.8, 4) is 0 Å². The molecule has 1 saturated heterocycles. The molecular formula is C17H36IN5O. The molecule has 1 aliphatic heterocycles. The van der Waals surface area contributed by atoms with E-state index in [0.717, 1.165) is 25.1 Å². The van der Waals surface area contributed by atoms with Gasteiger partial charge in [0.25, 0.3) is 0 Å². The predicted octanol–water partition coefficient (Wildman–Crippen LogP) is 1.81. The van der Waals surface area contributed by atoms with Gasteiger partial charge in [0.1, 0.15) is 0 Å². The first-order valence-electron chi connectivity index (χ1n) is 8.85. The topological polar surface area (TPSA) is 68.8 Å². The molecule has 1 amide bonds. The quantitative estimate of drug-likeness (QED) is 0.313. The van der Waals surface area contributed by atoms with Gasteiger partial charge in [-0.25, -0.2) is 0 Å². The third-order valence-electron chi connectivity index (χ3n) is 4.67. The highest BCUT2D eigenvalue weighted by Crippen LogP contribution is 2.18. The van der Waals surface area contributed by atoms with Crippen molar-refractivity contribution in [2.75, 3.05) is 40.3 Å². The first kappa shape index (κ1) is 23.4. The zero-order chi connectivity index (χ0) is 17.3. The van der Waals surface area contributed by atoms with Crippen molar-refractivity contribution in [1.29, 1.82) is 0 Å². The van der Waals surface area contributed by atoms with Gasteiger partial charge < -0.3 is 16.0 Å². The summed E-state index contributed by atoms with van der Waals surface area (Å²) in [5.41, 5.74) is -0.466. The number of rotatable bonds is 7. The molecule has 0 aromatic rings. The SMILES string of the molecule is CCC1CCCCN1CCNC(=NC)NCC(C)(C)C(=O)NC.I. The number of carbonyl (C=O) groups excluding carboxylic acids is 1. The molecule has 1 heterocycles. The number of guanidine groups is 1. The summed E-state index contributed by atoms with van der Waals surface area (Å²) in [6.45, 7) is 9.79. The Morgan fingerprint density at radius 3 is 2.58 bits per heavy atom. The Bertz CT molecular complexity index is 400. The van der Waals surface area contributed by atoms with Gasteiger partial charge in [0.05, 0.1) is 5.41 Å². The van der Waals surface area contributed by atoms with Crippen LogP contribution < -0.4 is 16.0 Å². The molecule has 24 heavy (non-hydrogen) atoms. The number of nitrogens with zero attached hydrogens (tertiary/aromatic N) is 2. The average Bonchev–Trinajstić information content (AvgIpc) is 2.57. The van der Waals surface area contributed by atoms with Gasteiger partial charge in [-0.3, -0.25) is 14.7 Å². The van der Waals surface area contributed by atoms with Crippen molar-refractivity contribution >= 4 is 35.8 Å². The van der Waals surface area contributed by atoms with Gasteiger partial charge in [-0.05, 0) is 39.7 Å². The van der Waals surface area contributed by atoms with Crippen molar-refractivity contribution in [3.63, 3.8) is 0 Å². The number of piperidine rings is 1. The molecule has 0 aromatic carbocycles. The Morgan fingerprint density at radius 1 is 1.29 bits per heavy atom. The Labute approximate surface area is 164 Å². The molecule has 1 aliphatic rings. The second kappa shape index (κ2) is 11.9. The van der Waals surface area contributed by atoms with Gasteiger partial charge in [-0.2, -0.15) is 0 Å². The van der Waals surface area contributed by atoms with Crippen LogP contribution in [0.5, 0.6) is 0 Å². The molecule has 3 N–H and O–H groups in total. The van der Waals surface area contributed by atoms with E-state index in [0.29, 0.717) is 6.54 Å². The van der Waals surface area contributed by atoms with Crippen LogP contribution in [0.15, 0.2) is 4.99 Å². The van der Waals surface area contributed by atoms with Crippen LogP contribution >= 0.6 is 24.0 Å². The van der Waals surface area contributed by atoms with E-state index >= 15 is 0 Å². The van der Waals surface area contributed by atoms with Gasteiger partial charge in [0.15, 0.2) is 5.96 Å². The summed E-state index contributed by atoms with van der Waals surface area (Å²) in [7, 11) is 3.43. The number of nitrogens with one attached hydrogen (secondary N) is 3. The maximum absolute atomic E-state index is 11.8. The summed E-state index contributed by atoms with van der Waals surface area (Å²) < 4.78 is 0. The molecule has 0 saturated carbocycles. The first-order chi connectivity index (χ1) is 10.9. The molecule has 6 nitrogen and oxygen atoms in total. The first-order valence-corrected chi connectivity index (χ1v) is 8.85. The largest absolute Gasteiger partial charge is 0.359 e.